The summed E-state index contributed by atoms with van der Waals surface area (Å²) in [5, 5.41) is 0. The summed E-state index contributed by atoms with van der Waals surface area (Å²) in [6, 6.07) is 25.7. The van der Waals surface area contributed by atoms with Crippen molar-refractivity contribution in [1.82, 2.24) is 0 Å². The van der Waals surface area contributed by atoms with Gasteiger partial charge in [0.15, 0.2) is 0 Å². The Balaban J connectivity index is 1.56. The van der Waals surface area contributed by atoms with Crippen LogP contribution in [0.2, 0.25) is 0 Å². The zero-order chi connectivity index (χ0) is 25.0. The van der Waals surface area contributed by atoms with Crippen molar-refractivity contribution in [2.45, 2.75) is 9.79 Å². The minimum Gasteiger partial charge on any atom is -0.423 e. The first-order valence-corrected chi connectivity index (χ1v) is 13.8. The van der Waals surface area contributed by atoms with Gasteiger partial charge in [-0.15, -0.1) is 0 Å². The lowest BCUT2D eigenvalue weighted by atomic mass is 10.2. The lowest BCUT2D eigenvalue weighted by Gasteiger charge is -2.11. The van der Waals surface area contributed by atoms with Crippen LogP contribution in [-0.2, 0) is 9.84 Å². The summed E-state index contributed by atoms with van der Waals surface area (Å²) in [5.41, 5.74) is 0.504. The molecule has 0 aliphatic carbocycles. The predicted molar refractivity (Wildman–Crippen MR) is 147 cm³/mol. The average Bonchev–Trinajstić information content (AvgIpc) is 2.85. The minimum atomic E-state index is -3.90. The van der Waals surface area contributed by atoms with Gasteiger partial charge >= 0.3 is 11.9 Å². The molecule has 0 radical (unpaired) electrons. The second-order valence-electron chi connectivity index (χ2n) is 7.19. The Bertz CT molecular complexity index is 1390. The van der Waals surface area contributed by atoms with Crippen molar-refractivity contribution >= 4 is 67.0 Å². The van der Waals surface area contributed by atoms with Gasteiger partial charge in [-0.1, -0.05) is 36.4 Å². The van der Waals surface area contributed by atoms with E-state index < -0.39 is 21.8 Å². The third-order valence-corrected chi connectivity index (χ3v) is 8.38. The van der Waals surface area contributed by atoms with Crippen LogP contribution in [0.4, 0.5) is 0 Å². The predicted octanol–water partition coefficient (Wildman–Crippen LogP) is 6.17. The molecule has 0 atom stereocenters. The van der Waals surface area contributed by atoms with Crippen LogP contribution >= 0.6 is 45.2 Å². The lowest BCUT2D eigenvalue weighted by Crippen LogP contribution is -2.12. The molecule has 0 spiro atoms. The summed E-state index contributed by atoms with van der Waals surface area (Å²) in [6.45, 7) is 0. The molecule has 4 aromatic rings. The van der Waals surface area contributed by atoms with Gasteiger partial charge in [-0.25, -0.2) is 18.0 Å². The molecule has 0 aromatic heterocycles. The Hall–Kier alpha value is -2.77. The van der Waals surface area contributed by atoms with Gasteiger partial charge in [-0.05, 0) is 106 Å². The molecule has 0 unspecified atom stereocenters. The number of carbonyl (C=O) groups is 2. The van der Waals surface area contributed by atoms with E-state index in [0.717, 1.165) is 0 Å². The second kappa shape index (κ2) is 10.9. The van der Waals surface area contributed by atoms with Gasteiger partial charge in [0.2, 0.25) is 9.84 Å². The molecule has 4 aromatic carbocycles. The maximum Gasteiger partial charge on any atom is 0.344 e. The number of esters is 2. The van der Waals surface area contributed by atoms with Gasteiger partial charge in [-0.2, -0.15) is 0 Å². The summed E-state index contributed by atoms with van der Waals surface area (Å²) in [7, 11) is -3.90. The molecule has 4 rings (SSSR count). The average molecular weight is 710 g/mol. The number of benzene rings is 4. The number of hydrogen-bond donors (Lipinski definition) is 0. The van der Waals surface area contributed by atoms with Crippen molar-refractivity contribution in [1.29, 1.82) is 0 Å². The SMILES string of the molecule is O=C(Oc1ccccc1)c1ccc(S(=O)(=O)c2ccc(C(=O)Oc3ccccc3)c(I)c2)cc1I. The van der Waals surface area contributed by atoms with Crippen molar-refractivity contribution in [2.24, 2.45) is 0 Å². The summed E-state index contributed by atoms with van der Waals surface area (Å²) >= 11 is 3.81. The van der Waals surface area contributed by atoms with E-state index >= 15 is 0 Å². The van der Waals surface area contributed by atoms with Crippen molar-refractivity contribution in [2.75, 3.05) is 0 Å². The van der Waals surface area contributed by atoms with Gasteiger partial charge in [0.1, 0.15) is 11.5 Å². The van der Waals surface area contributed by atoms with Gasteiger partial charge in [-0.3, -0.25) is 0 Å². The normalized spacial score (nSPS) is 11.0. The van der Waals surface area contributed by atoms with Crippen molar-refractivity contribution < 1.29 is 27.5 Å². The van der Waals surface area contributed by atoms with Crippen molar-refractivity contribution in [3.8, 4) is 11.5 Å². The van der Waals surface area contributed by atoms with E-state index in [-0.39, 0.29) is 20.9 Å². The highest BCUT2D eigenvalue weighted by atomic mass is 127. The summed E-state index contributed by atoms with van der Waals surface area (Å²) < 4.78 is 38.0. The van der Waals surface area contributed by atoms with Crippen LogP contribution in [0.15, 0.2) is 107 Å². The highest BCUT2D eigenvalue weighted by Crippen LogP contribution is 2.28. The highest BCUT2D eigenvalue weighted by molar-refractivity contribution is 14.1. The zero-order valence-electron chi connectivity index (χ0n) is 17.9. The van der Waals surface area contributed by atoms with E-state index in [0.29, 0.717) is 18.6 Å². The molecule has 0 aliphatic rings. The standard InChI is InChI=1S/C26H16I2O6S/c27-23-15-19(11-13-21(23)25(29)33-17-7-3-1-4-8-17)35(31,32)20-12-14-22(24(28)16-20)26(30)34-18-9-5-2-6-10-18/h1-16H. The Morgan fingerprint density at radius 3 is 1.29 bits per heavy atom. The summed E-state index contributed by atoms with van der Waals surface area (Å²) in [4.78, 5) is 25.1. The molecule has 0 heterocycles. The van der Waals surface area contributed by atoms with Crippen LogP contribution in [0, 0.1) is 7.14 Å². The first kappa shape index (κ1) is 25.3. The molecule has 0 amide bonds. The van der Waals surface area contributed by atoms with Crippen LogP contribution in [0.3, 0.4) is 0 Å². The Kier molecular flexibility index (Phi) is 7.87. The maximum atomic E-state index is 13.2. The lowest BCUT2D eigenvalue weighted by molar-refractivity contribution is 0.0724. The number of hydrogen-bond acceptors (Lipinski definition) is 6. The molecule has 0 bridgehead atoms. The first-order valence-electron chi connectivity index (χ1n) is 10.1. The van der Waals surface area contributed by atoms with Crippen LogP contribution in [0.5, 0.6) is 11.5 Å². The van der Waals surface area contributed by atoms with E-state index in [1.54, 1.807) is 60.7 Å². The molecule has 0 saturated carbocycles. The van der Waals surface area contributed by atoms with Crippen LogP contribution in [0.1, 0.15) is 20.7 Å². The van der Waals surface area contributed by atoms with E-state index in [4.69, 9.17) is 9.47 Å². The third kappa shape index (κ3) is 5.90. The van der Waals surface area contributed by atoms with Crippen molar-refractivity contribution in [3.05, 3.63) is 115 Å². The number of halogens is 2. The number of para-hydroxylation sites is 2. The summed E-state index contributed by atoms with van der Waals surface area (Å²) in [6.07, 6.45) is 0. The highest BCUT2D eigenvalue weighted by Gasteiger charge is 2.23. The first-order chi connectivity index (χ1) is 16.8. The smallest absolute Gasteiger partial charge is 0.344 e. The Labute approximate surface area is 229 Å². The second-order valence-corrected chi connectivity index (χ2v) is 11.5. The summed E-state index contributed by atoms with van der Waals surface area (Å²) in [5.74, 6) is -0.378. The van der Waals surface area contributed by atoms with E-state index in [1.807, 2.05) is 45.2 Å². The fourth-order valence-corrected chi connectivity index (χ4v) is 6.30. The number of sulfone groups is 1. The molecule has 35 heavy (non-hydrogen) atoms. The largest absolute Gasteiger partial charge is 0.423 e. The number of carbonyl (C=O) groups excluding carboxylic acids is 2. The number of ether oxygens (including phenoxy) is 2. The van der Waals surface area contributed by atoms with Crippen LogP contribution in [-0.4, -0.2) is 20.4 Å². The Morgan fingerprint density at radius 1 is 0.571 bits per heavy atom. The van der Waals surface area contributed by atoms with Gasteiger partial charge in [0, 0.05) is 7.14 Å². The molecule has 6 nitrogen and oxygen atoms in total. The fraction of sp³-hybridized carbons (Fsp3) is 0. The Morgan fingerprint density at radius 2 is 0.943 bits per heavy atom. The van der Waals surface area contributed by atoms with Crippen molar-refractivity contribution in [3.63, 3.8) is 0 Å². The van der Waals surface area contributed by atoms with Gasteiger partial charge in [0.05, 0.1) is 20.9 Å². The molecular weight excluding hydrogens is 694 g/mol. The van der Waals surface area contributed by atoms with Gasteiger partial charge < -0.3 is 9.47 Å². The molecule has 9 heteroatoms. The zero-order valence-corrected chi connectivity index (χ0v) is 23.0. The topological polar surface area (TPSA) is 86.7 Å². The maximum absolute atomic E-state index is 13.2. The fourth-order valence-electron chi connectivity index (χ4n) is 3.09. The molecule has 0 fully saturated rings. The van der Waals surface area contributed by atoms with Gasteiger partial charge in [0.25, 0.3) is 0 Å². The van der Waals surface area contributed by atoms with Crippen LogP contribution in [0.25, 0.3) is 0 Å². The van der Waals surface area contributed by atoms with E-state index in [9.17, 15) is 18.0 Å². The molecule has 0 aliphatic heterocycles. The molecular formula is C26H16I2O6S. The molecule has 0 N–H and O–H groups in total. The third-order valence-electron chi connectivity index (χ3n) is 4.85. The number of rotatable bonds is 6. The molecule has 0 saturated heterocycles. The minimum absolute atomic E-state index is 0.0218. The van der Waals surface area contributed by atoms with Crippen LogP contribution < -0.4 is 9.47 Å². The van der Waals surface area contributed by atoms with E-state index in [1.165, 1.54) is 36.4 Å². The molecule has 176 valence electrons. The quantitative estimate of drug-likeness (QED) is 0.135. The monoisotopic (exact) mass is 710 g/mol. The van der Waals surface area contributed by atoms with E-state index in [2.05, 4.69) is 0 Å².